The Morgan fingerprint density at radius 2 is 2.12 bits per heavy atom. The highest BCUT2D eigenvalue weighted by Gasteiger charge is 2.18. The largest absolute Gasteiger partial charge is 0.308 e. The number of aromatic nitrogens is 2. The third kappa shape index (κ3) is 2.51. The summed E-state index contributed by atoms with van der Waals surface area (Å²) in [7, 11) is 1.87. The summed E-state index contributed by atoms with van der Waals surface area (Å²) in [5.74, 6) is 4.86. The predicted octanol–water partition coefficient (Wildman–Crippen LogP) is -0.0356. The lowest BCUT2D eigenvalue weighted by molar-refractivity contribution is -0.671. The summed E-state index contributed by atoms with van der Waals surface area (Å²) >= 11 is 0. The van der Waals surface area contributed by atoms with E-state index in [9.17, 15) is 4.79 Å². The van der Waals surface area contributed by atoms with Crippen LogP contribution in [0.4, 0.5) is 0 Å². The molecule has 5 heteroatoms. The van der Waals surface area contributed by atoms with Crippen LogP contribution in [-0.4, -0.2) is 10.5 Å². The van der Waals surface area contributed by atoms with Gasteiger partial charge in [0.1, 0.15) is 12.7 Å². The van der Waals surface area contributed by atoms with Gasteiger partial charge in [0.15, 0.2) is 0 Å². The number of amides is 1. The molecule has 88 valence electrons. The topological polar surface area (TPSA) is 63.9 Å². The van der Waals surface area contributed by atoms with E-state index in [2.05, 4.69) is 5.43 Å². The Kier molecular flexibility index (Phi) is 3.20. The molecule has 3 N–H and O–H groups in total. The Hall–Kier alpha value is -2.14. The first-order chi connectivity index (χ1) is 8.20. The third-order valence-electron chi connectivity index (χ3n) is 2.52. The standard InChI is InChI=1S/C12H14N4O/c1-15-8-11(12(17)14-13)16(9-15)7-10-5-3-2-4-6-10/h2-6,8-9H,7,13H2,1H3/p+1. The molecule has 2 aromatic rings. The Labute approximate surface area is 99.5 Å². The number of nitrogen functional groups attached to an aromatic ring is 1. The van der Waals surface area contributed by atoms with Gasteiger partial charge in [-0.05, 0) is 5.56 Å². The highest BCUT2D eigenvalue weighted by atomic mass is 16.2. The molecule has 5 nitrogen and oxygen atoms in total. The van der Waals surface area contributed by atoms with Crippen molar-refractivity contribution in [2.45, 2.75) is 6.54 Å². The number of nitrogens with two attached hydrogens (primary N) is 1. The van der Waals surface area contributed by atoms with Gasteiger partial charge in [0.05, 0.1) is 7.05 Å². The zero-order valence-corrected chi connectivity index (χ0v) is 9.63. The number of benzene rings is 1. The van der Waals surface area contributed by atoms with E-state index in [4.69, 9.17) is 5.84 Å². The second-order valence-corrected chi connectivity index (χ2v) is 3.88. The fraction of sp³-hybridized carbons (Fsp3) is 0.167. The number of aryl methyl sites for hydroxylation is 1. The van der Waals surface area contributed by atoms with Crippen molar-refractivity contribution >= 4 is 5.91 Å². The molecule has 0 aliphatic heterocycles. The minimum atomic E-state index is -0.290. The van der Waals surface area contributed by atoms with Crippen LogP contribution >= 0.6 is 0 Å². The first-order valence-electron chi connectivity index (χ1n) is 5.31. The Balaban J connectivity index is 2.30. The lowest BCUT2D eigenvalue weighted by Gasteiger charge is -2.00. The molecule has 0 aliphatic carbocycles. The predicted molar refractivity (Wildman–Crippen MR) is 62.8 cm³/mol. The lowest BCUT2D eigenvalue weighted by Crippen LogP contribution is -2.32. The van der Waals surface area contributed by atoms with Crippen molar-refractivity contribution in [2.24, 2.45) is 12.9 Å². The molecule has 1 aromatic heterocycles. The molecule has 0 spiro atoms. The van der Waals surface area contributed by atoms with Crippen molar-refractivity contribution in [3.05, 3.63) is 54.1 Å². The molecule has 1 amide bonds. The summed E-state index contributed by atoms with van der Waals surface area (Å²) in [4.78, 5) is 11.6. The molecular weight excluding hydrogens is 216 g/mol. The molecule has 0 bridgehead atoms. The van der Waals surface area contributed by atoms with E-state index in [0.29, 0.717) is 12.2 Å². The van der Waals surface area contributed by atoms with E-state index in [0.717, 1.165) is 5.56 Å². The van der Waals surface area contributed by atoms with Gasteiger partial charge < -0.3 is 0 Å². The van der Waals surface area contributed by atoms with Gasteiger partial charge in [-0.3, -0.25) is 10.2 Å². The van der Waals surface area contributed by atoms with Gasteiger partial charge in [-0.1, -0.05) is 30.3 Å². The normalized spacial score (nSPS) is 10.2. The number of hydrazine groups is 1. The van der Waals surface area contributed by atoms with Gasteiger partial charge in [-0.15, -0.1) is 0 Å². The van der Waals surface area contributed by atoms with Crippen LogP contribution in [0.15, 0.2) is 42.9 Å². The molecule has 0 unspecified atom stereocenters. The van der Waals surface area contributed by atoms with E-state index >= 15 is 0 Å². The first kappa shape index (κ1) is 11.3. The fourth-order valence-corrected chi connectivity index (χ4v) is 1.75. The van der Waals surface area contributed by atoms with Crippen molar-refractivity contribution in [3.8, 4) is 0 Å². The van der Waals surface area contributed by atoms with E-state index < -0.39 is 0 Å². The smallest absolute Gasteiger partial charge is 0.287 e. The van der Waals surface area contributed by atoms with Gasteiger partial charge >= 0.3 is 5.91 Å². The number of nitrogens with zero attached hydrogens (tertiary/aromatic N) is 2. The molecule has 0 fully saturated rings. The van der Waals surface area contributed by atoms with Gasteiger partial charge in [-0.2, -0.15) is 0 Å². The minimum absolute atomic E-state index is 0.290. The maximum absolute atomic E-state index is 11.6. The number of carbonyl (C=O) groups excluding carboxylic acids is 1. The highest BCUT2D eigenvalue weighted by molar-refractivity contribution is 5.91. The van der Waals surface area contributed by atoms with Crippen molar-refractivity contribution in [3.63, 3.8) is 0 Å². The second kappa shape index (κ2) is 4.80. The Morgan fingerprint density at radius 3 is 2.76 bits per heavy atom. The summed E-state index contributed by atoms with van der Waals surface area (Å²) in [6.07, 6.45) is 3.60. The van der Waals surface area contributed by atoms with Gasteiger partial charge in [0.2, 0.25) is 12.0 Å². The number of carbonyl (C=O) groups is 1. The maximum Gasteiger partial charge on any atom is 0.308 e. The van der Waals surface area contributed by atoms with Crippen LogP contribution in [0.1, 0.15) is 16.1 Å². The maximum atomic E-state index is 11.6. The van der Waals surface area contributed by atoms with Crippen LogP contribution in [0.3, 0.4) is 0 Å². The molecule has 0 atom stereocenters. The Bertz CT molecular complexity index is 519. The van der Waals surface area contributed by atoms with Crippen molar-refractivity contribution in [2.75, 3.05) is 0 Å². The van der Waals surface area contributed by atoms with Gasteiger partial charge in [-0.25, -0.2) is 15.0 Å². The number of hydrogen-bond acceptors (Lipinski definition) is 2. The number of imidazole rings is 1. The van der Waals surface area contributed by atoms with Crippen LogP contribution in [0.2, 0.25) is 0 Å². The average molecular weight is 231 g/mol. The molecule has 2 rings (SSSR count). The SMILES string of the molecule is C[n+]1cc(C(=O)NN)n(Cc2ccccc2)c1. The fourth-order valence-electron chi connectivity index (χ4n) is 1.75. The summed E-state index contributed by atoms with van der Waals surface area (Å²) in [6, 6.07) is 9.95. The summed E-state index contributed by atoms with van der Waals surface area (Å²) in [6.45, 7) is 0.643. The molecule has 1 heterocycles. The zero-order chi connectivity index (χ0) is 12.3. The van der Waals surface area contributed by atoms with E-state index in [-0.39, 0.29) is 5.91 Å². The molecule has 0 radical (unpaired) electrons. The van der Waals surface area contributed by atoms with Crippen LogP contribution in [-0.2, 0) is 13.6 Å². The molecule has 0 aliphatic rings. The summed E-state index contributed by atoms with van der Waals surface area (Å²) in [5.41, 5.74) is 3.82. The van der Waals surface area contributed by atoms with Crippen LogP contribution in [0.5, 0.6) is 0 Å². The molecular formula is C12H15N4O+. The summed E-state index contributed by atoms with van der Waals surface area (Å²) < 4.78 is 3.69. The van der Waals surface area contributed by atoms with E-state index in [1.165, 1.54) is 0 Å². The van der Waals surface area contributed by atoms with E-state index in [1.54, 1.807) is 6.20 Å². The van der Waals surface area contributed by atoms with E-state index in [1.807, 2.05) is 52.8 Å². The minimum Gasteiger partial charge on any atom is -0.287 e. The number of rotatable bonds is 3. The van der Waals surface area contributed by atoms with Crippen molar-refractivity contribution in [1.82, 2.24) is 9.99 Å². The second-order valence-electron chi connectivity index (χ2n) is 3.88. The van der Waals surface area contributed by atoms with Crippen LogP contribution in [0, 0.1) is 0 Å². The molecule has 0 saturated heterocycles. The van der Waals surface area contributed by atoms with Crippen LogP contribution in [0.25, 0.3) is 0 Å². The average Bonchev–Trinajstić information content (AvgIpc) is 2.70. The van der Waals surface area contributed by atoms with Crippen molar-refractivity contribution in [1.29, 1.82) is 0 Å². The van der Waals surface area contributed by atoms with Crippen molar-refractivity contribution < 1.29 is 9.36 Å². The Morgan fingerprint density at radius 1 is 1.41 bits per heavy atom. The quantitative estimate of drug-likeness (QED) is 0.337. The molecule has 17 heavy (non-hydrogen) atoms. The van der Waals surface area contributed by atoms with Crippen LogP contribution < -0.4 is 15.8 Å². The third-order valence-corrected chi connectivity index (χ3v) is 2.52. The van der Waals surface area contributed by atoms with Gasteiger partial charge in [0.25, 0.3) is 0 Å². The molecule has 1 aromatic carbocycles. The van der Waals surface area contributed by atoms with Gasteiger partial charge in [0, 0.05) is 0 Å². The zero-order valence-electron chi connectivity index (χ0n) is 9.63. The highest BCUT2D eigenvalue weighted by Crippen LogP contribution is 2.05. The monoisotopic (exact) mass is 231 g/mol. The number of hydrogen-bond donors (Lipinski definition) is 2. The first-order valence-corrected chi connectivity index (χ1v) is 5.31. The molecule has 0 saturated carbocycles. The summed E-state index contributed by atoms with van der Waals surface area (Å²) in [5, 5.41) is 0. The lowest BCUT2D eigenvalue weighted by atomic mass is 10.2. The number of nitrogens with one attached hydrogen (secondary N) is 1.